The number of nitro benzene ring substituents is 1. The standard InChI is InChI=1S/C15H9BrN2O4S/c16-12-5-7-13(8-6-12)23(21,22)14(10-17)9-11-3-1-2-4-15(11)18(19)20/h1-9H/b14-9+. The Hall–Kier alpha value is -2.50. The second kappa shape index (κ2) is 6.73. The van der Waals surface area contributed by atoms with Gasteiger partial charge >= 0.3 is 0 Å². The summed E-state index contributed by atoms with van der Waals surface area (Å²) in [6.07, 6.45) is 1.01. The fourth-order valence-electron chi connectivity index (χ4n) is 1.83. The average Bonchev–Trinajstić information content (AvgIpc) is 2.53. The SMILES string of the molecule is N#C/C(=C\c1ccccc1[N+](=O)[O-])S(=O)(=O)c1ccc(Br)cc1. The van der Waals surface area contributed by atoms with Gasteiger partial charge in [0.15, 0.2) is 0 Å². The number of hydrogen-bond acceptors (Lipinski definition) is 5. The van der Waals surface area contributed by atoms with E-state index in [0.29, 0.717) is 4.47 Å². The summed E-state index contributed by atoms with van der Waals surface area (Å²) >= 11 is 3.20. The minimum atomic E-state index is -4.05. The number of halogens is 1. The van der Waals surface area contributed by atoms with Crippen LogP contribution in [0.25, 0.3) is 6.08 Å². The van der Waals surface area contributed by atoms with Crippen LogP contribution in [0.4, 0.5) is 5.69 Å². The van der Waals surface area contributed by atoms with Gasteiger partial charge in [0, 0.05) is 10.5 Å². The molecule has 0 radical (unpaired) electrons. The van der Waals surface area contributed by atoms with Crippen molar-refractivity contribution in [3.05, 3.63) is 73.6 Å². The number of allylic oxidation sites excluding steroid dienone is 1. The highest BCUT2D eigenvalue weighted by Crippen LogP contribution is 2.26. The van der Waals surface area contributed by atoms with E-state index in [1.54, 1.807) is 6.07 Å². The highest BCUT2D eigenvalue weighted by molar-refractivity contribution is 9.10. The van der Waals surface area contributed by atoms with Crippen LogP contribution in [0.5, 0.6) is 0 Å². The van der Waals surface area contributed by atoms with Crippen molar-refractivity contribution in [1.82, 2.24) is 0 Å². The smallest absolute Gasteiger partial charge is 0.258 e. The Morgan fingerprint density at radius 1 is 1.17 bits per heavy atom. The fraction of sp³-hybridized carbons (Fsp3) is 0. The molecule has 6 nitrogen and oxygen atoms in total. The van der Waals surface area contributed by atoms with Gasteiger partial charge < -0.3 is 0 Å². The van der Waals surface area contributed by atoms with Crippen LogP contribution in [0.2, 0.25) is 0 Å². The van der Waals surface area contributed by atoms with Crippen LogP contribution in [0.15, 0.2) is 62.8 Å². The van der Waals surface area contributed by atoms with E-state index in [9.17, 15) is 23.8 Å². The molecule has 0 saturated heterocycles. The summed E-state index contributed by atoms with van der Waals surface area (Å²) in [4.78, 5) is 9.73. The summed E-state index contributed by atoms with van der Waals surface area (Å²) in [6.45, 7) is 0. The molecule has 0 spiro atoms. The van der Waals surface area contributed by atoms with Gasteiger partial charge in [0.1, 0.15) is 11.0 Å². The first-order valence-corrected chi connectivity index (χ1v) is 8.50. The highest BCUT2D eigenvalue weighted by atomic mass is 79.9. The molecule has 8 heteroatoms. The zero-order valence-electron chi connectivity index (χ0n) is 11.5. The molecule has 0 aliphatic carbocycles. The topological polar surface area (TPSA) is 101 Å². The molecule has 0 unspecified atom stereocenters. The van der Waals surface area contributed by atoms with Gasteiger partial charge in [-0.05, 0) is 36.4 Å². The maximum Gasteiger partial charge on any atom is 0.276 e. The van der Waals surface area contributed by atoms with Crippen LogP contribution in [0.3, 0.4) is 0 Å². The van der Waals surface area contributed by atoms with Gasteiger partial charge in [-0.1, -0.05) is 28.1 Å². The van der Waals surface area contributed by atoms with Crippen LogP contribution in [0.1, 0.15) is 5.56 Å². The number of sulfone groups is 1. The molecule has 23 heavy (non-hydrogen) atoms. The van der Waals surface area contributed by atoms with Gasteiger partial charge in [-0.15, -0.1) is 0 Å². The Balaban J connectivity index is 2.58. The maximum absolute atomic E-state index is 12.5. The van der Waals surface area contributed by atoms with Gasteiger partial charge in [0.25, 0.3) is 5.69 Å². The zero-order chi connectivity index (χ0) is 17.0. The number of hydrogen-bond donors (Lipinski definition) is 0. The second-order valence-electron chi connectivity index (χ2n) is 4.39. The van der Waals surface area contributed by atoms with Crippen molar-refractivity contribution >= 4 is 37.5 Å². The fourth-order valence-corrected chi connectivity index (χ4v) is 3.24. The molecule has 0 heterocycles. The lowest BCUT2D eigenvalue weighted by Crippen LogP contribution is -2.03. The lowest BCUT2D eigenvalue weighted by atomic mass is 10.1. The third-order valence-corrected chi connectivity index (χ3v) is 5.15. The summed E-state index contributed by atoms with van der Waals surface area (Å²) in [5.41, 5.74) is -0.221. The normalized spacial score (nSPS) is 11.7. The number of nitro groups is 1. The second-order valence-corrected chi connectivity index (χ2v) is 7.23. The lowest BCUT2D eigenvalue weighted by Gasteiger charge is -2.04. The number of nitrogens with zero attached hydrogens (tertiary/aromatic N) is 2. The zero-order valence-corrected chi connectivity index (χ0v) is 13.9. The number of para-hydroxylation sites is 1. The van der Waals surface area contributed by atoms with Gasteiger partial charge in [0.2, 0.25) is 9.84 Å². The predicted octanol–water partition coefficient (Wildman–Crippen LogP) is 3.70. The highest BCUT2D eigenvalue weighted by Gasteiger charge is 2.22. The Morgan fingerprint density at radius 3 is 2.35 bits per heavy atom. The molecule has 0 fully saturated rings. The van der Waals surface area contributed by atoms with Gasteiger partial charge in [-0.2, -0.15) is 5.26 Å². The van der Waals surface area contributed by atoms with E-state index < -0.39 is 19.7 Å². The van der Waals surface area contributed by atoms with E-state index in [2.05, 4.69) is 15.9 Å². The Morgan fingerprint density at radius 2 is 1.78 bits per heavy atom. The van der Waals surface area contributed by atoms with Crippen molar-refractivity contribution in [2.45, 2.75) is 4.90 Å². The molecule has 2 aromatic carbocycles. The van der Waals surface area contributed by atoms with Crippen molar-refractivity contribution in [2.75, 3.05) is 0 Å². The third kappa shape index (κ3) is 3.64. The molecular formula is C15H9BrN2O4S. The van der Waals surface area contributed by atoms with Gasteiger partial charge in [-0.3, -0.25) is 10.1 Å². The summed E-state index contributed by atoms with van der Waals surface area (Å²) in [6, 6.07) is 13.0. The first kappa shape index (κ1) is 16.9. The van der Waals surface area contributed by atoms with Gasteiger partial charge in [-0.25, -0.2) is 8.42 Å². The maximum atomic E-state index is 12.5. The molecule has 0 bridgehead atoms. The number of nitriles is 1. The molecule has 0 atom stereocenters. The molecule has 2 rings (SSSR count). The summed E-state index contributed by atoms with van der Waals surface area (Å²) in [5.74, 6) is 0. The Kier molecular flexibility index (Phi) is 4.93. The lowest BCUT2D eigenvalue weighted by molar-refractivity contribution is -0.385. The van der Waals surface area contributed by atoms with Crippen LogP contribution in [0, 0.1) is 21.4 Å². The van der Waals surface area contributed by atoms with Crippen molar-refractivity contribution in [1.29, 1.82) is 5.26 Å². The number of benzene rings is 2. The van der Waals surface area contributed by atoms with E-state index >= 15 is 0 Å². The van der Waals surface area contributed by atoms with Gasteiger partial charge in [0.05, 0.1) is 15.4 Å². The van der Waals surface area contributed by atoms with E-state index in [4.69, 9.17) is 0 Å². The molecule has 2 aromatic rings. The molecule has 116 valence electrons. The molecule has 0 N–H and O–H groups in total. The van der Waals surface area contributed by atoms with E-state index in [-0.39, 0.29) is 16.1 Å². The molecule has 0 saturated carbocycles. The summed E-state index contributed by atoms with van der Waals surface area (Å²) in [5, 5.41) is 20.2. The Bertz CT molecular complexity index is 929. The minimum absolute atomic E-state index is 0.0507. The van der Waals surface area contributed by atoms with E-state index in [1.807, 2.05) is 0 Å². The van der Waals surface area contributed by atoms with E-state index in [1.165, 1.54) is 48.5 Å². The molecule has 0 aliphatic rings. The monoisotopic (exact) mass is 392 g/mol. The Labute approximate surface area is 140 Å². The minimum Gasteiger partial charge on any atom is -0.258 e. The largest absolute Gasteiger partial charge is 0.276 e. The van der Waals surface area contributed by atoms with Crippen molar-refractivity contribution in [3.8, 4) is 6.07 Å². The van der Waals surface area contributed by atoms with Crippen LogP contribution >= 0.6 is 15.9 Å². The van der Waals surface area contributed by atoms with Crippen molar-refractivity contribution in [3.63, 3.8) is 0 Å². The molecule has 0 amide bonds. The van der Waals surface area contributed by atoms with E-state index in [0.717, 1.165) is 6.08 Å². The third-order valence-electron chi connectivity index (χ3n) is 2.94. The van der Waals surface area contributed by atoms with Crippen molar-refractivity contribution < 1.29 is 13.3 Å². The van der Waals surface area contributed by atoms with Crippen LogP contribution < -0.4 is 0 Å². The summed E-state index contributed by atoms with van der Waals surface area (Å²) in [7, 11) is -4.05. The van der Waals surface area contributed by atoms with Crippen LogP contribution in [-0.4, -0.2) is 13.3 Å². The first-order chi connectivity index (χ1) is 10.9. The quantitative estimate of drug-likeness (QED) is 0.448. The first-order valence-electron chi connectivity index (χ1n) is 6.22. The number of rotatable bonds is 4. The van der Waals surface area contributed by atoms with Crippen molar-refractivity contribution in [2.24, 2.45) is 0 Å². The summed E-state index contributed by atoms with van der Waals surface area (Å²) < 4.78 is 25.7. The molecular weight excluding hydrogens is 384 g/mol. The average molecular weight is 393 g/mol. The van der Waals surface area contributed by atoms with Crippen LogP contribution in [-0.2, 0) is 9.84 Å². The molecule has 0 aromatic heterocycles. The predicted molar refractivity (Wildman–Crippen MR) is 88.0 cm³/mol. The molecule has 0 aliphatic heterocycles.